The smallest absolute Gasteiger partial charge is 0.319 e. The van der Waals surface area contributed by atoms with Gasteiger partial charge in [-0.05, 0) is 50.5 Å². The zero-order valence-corrected chi connectivity index (χ0v) is 15.5. The maximum atomic E-state index is 14.1. The van der Waals surface area contributed by atoms with Crippen LogP contribution in [0.1, 0.15) is 47.3 Å². The van der Waals surface area contributed by atoms with Crippen molar-refractivity contribution in [2.75, 3.05) is 5.32 Å². The van der Waals surface area contributed by atoms with Crippen molar-refractivity contribution in [1.29, 1.82) is 0 Å². The zero-order valence-electron chi connectivity index (χ0n) is 15.5. The molecule has 2 heterocycles. The van der Waals surface area contributed by atoms with Gasteiger partial charge in [0, 0.05) is 18.2 Å². The molecule has 2 N–H and O–H groups in total. The molecule has 0 bridgehead atoms. The van der Waals surface area contributed by atoms with E-state index in [9.17, 15) is 18.8 Å². The Hall–Kier alpha value is -3.29. The molecule has 2 aromatic heterocycles. The standard InChI is InChI=1S/C20H19FN4O3/c1-3-25-17-16(19(27)24-20(25)28)12(9-14(22-17)11-5-6-11)18(26)23-15-8-10(2)4-7-13(15)21/h4,7-9,11H,3,5-6H2,1-2H3,(H,23,26)(H,24,27,28). The van der Waals surface area contributed by atoms with Crippen molar-refractivity contribution in [3.8, 4) is 0 Å². The first kappa shape index (κ1) is 18.1. The lowest BCUT2D eigenvalue weighted by Crippen LogP contribution is -2.32. The summed E-state index contributed by atoms with van der Waals surface area (Å²) < 4.78 is 15.4. The lowest BCUT2D eigenvalue weighted by molar-refractivity contribution is 0.102. The van der Waals surface area contributed by atoms with Gasteiger partial charge in [0.1, 0.15) is 5.82 Å². The average Bonchev–Trinajstić information content (AvgIpc) is 3.49. The van der Waals surface area contributed by atoms with Gasteiger partial charge in [-0.3, -0.25) is 19.1 Å². The summed E-state index contributed by atoms with van der Waals surface area (Å²) in [5.74, 6) is -0.990. The third-order valence-corrected chi connectivity index (χ3v) is 4.90. The summed E-state index contributed by atoms with van der Waals surface area (Å²) in [6.45, 7) is 3.83. The van der Waals surface area contributed by atoms with E-state index in [0.717, 1.165) is 18.4 Å². The molecule has 1 fully saturated rings. The van der Waals surface area contributed by atoms with Crippen LogP contribution in [0.4, 0.5) is 10.1 Å². The molecule has 4 rings (SSSR count). The normalized spacial score (nSPS) is 13.7. The molecule has 0 unspecified atom stereocenters. The van der Waals surface area contributed by atoms with Gasteiger partial charge in [0.2, 0.25) is 0 Å². The Morgan fingerprint density at radius 1 is 1.32 bits per heavy atom. The summed E-state index contributed by atoms with van der Waals surface area (Å²) in [7, 11) is 0. The number of aromatic nitrogens is 3. The SMILES string of the molecule is CCn1c(=O)[nH]c(=O)c2c(C(=O)Nc3cc(C)ccc3F)cc(C3CC3)nc21. The van der Waals surface area contributed by atoms with Gasteiger partial charge in [-0.1, -0.05) is 6.07 Å². The third-order valence-electron chi connectivity index (χ3n) is 4.90. The molecule has 1 aromatic carbocycles. The molecule has 1 aliphatic rings. The number of hydrogen-bond acceptors (Lipinski definition) is 4. The Labute approximate surface area is 159 Å². The number of benzene rings is 1. The molecule has 3 aromatic rings. The number of fused-ring (bicyclic) bond motifs is 1. The van der Waals surface area contributed by atoms with Gasteiger partial charge in [0.25, 0.3) is 11.5 Å². The van der Waals surface area contributed by atoms with Crippen LogP contribution in [-0.2, 0) is 6.54 Å². The number of carbonyl (C=O) groups excluding carboxylic acids is 1. The van der Waals surface area contributed by atoms with Gasteiger partial charge >= 0.3 is 5.69 Å². The summed E-state index contributed by atoms with van der Waals surface area (Å²) in [5, 5.41) is 2.57. The van der Waals surface area contributed by atoms with E-state index in [1.54, 1.807) is 26.0 Å². The number of carbonyl (C=O) groups is 1. The molecule has 0 aliphatic heterocycles. The van der Waals surface area contributed by atoms with E-state index in [-0.39, 0.29) is 28.2 Å². The molecule has 0 saturated heterocycles. The Bertz CT molecular complexity index is 1220. The first-order valence-corrected chi connectivity index (χ1v) is 9.14. The Balaban J connectivity index is 1.92. The van der Waals surface area contributed by atoms with Crippen LogP contribution in [-0.4, -0.2) is 20.4 Å². The highest BCUT2D eigenvalue weighted by Crippen LogP contribution is 2.40. The Kier molecular flexibility index (Phi) is 4.33. The number of H-pyrrole nitrogens is 1. The molecule has 0 radical (unpaired) electrons. The minimum atomic E-state index is -0.686. The van der Waals surface area contributed by atoms with Crippen LogP contribution < -0.4 is 16.6 Å². The van der Waals surface area contributed by atoms with E-state index in [0.29, 0.717) is 12.2 Å². The number of aryl methyl sites for hydroxylation is 2. The van der Waals surface area contributed by atoms with Crippen molar-refractivity contribution >= 4 is 22.6 Å². The topological polar surface area (TPSA) is 96.9 Å². The number of amides is 1. The molecule has 1 saturated carbocycles. The van der Waals surface area contributed by atoms with E-state index in [4.69, 9.17) is 0 Å². The van der Waals surface area contributed by atoms with E-state index in [1.165, 1.54) is 16.7 Å². The highest BCUT2D eigenvalue weighted by Gasteiger charge is 2.28. The number of anilines is 1. The van der Waals surface area contributed by atoms with Crippen LogP contribution in [0.2, 0.25) is 0 Å². The molecule has 144 valence electrons. The van der Waals surface area contributed by atoms with Crippen LogP contribution >= 0.6 is 0 Å². The van der Waals surface area contributed by atoms with Crippen LogP contribution in [0.25, 0.3) is 11.0 Å². The minimum absolute atomic E-state index is 0.0245. The molecule has 0 atom stereocenters. The van der Waals surface area contributed by atoms with Gasteiger partial charge in [-0.25, -0.2) is 14.2 Å². The zero-order chi connectivity index (χ0) is 20.0. The maximum absolute atomic E-state index is 14.1. The number of hydrogen-bond donors (Lipinski definition) is 2. The summed E-state index contributed by atoms with van der Waals surface area (Å²) in [4.78, 5) is 44.4. The minimum Gasteiger partial charge on any atom is -0.319 e. The number of aromatic amines is 1. The highest BCUT2D eigenvalue weighted by atomic mass is 19.1. The van der Waals surface area contributed by atoms with Crippen LogP contribution in [0.5, 0.6) is 0 Å². The first-order chi connectivity index (χ1) is 13.4. The Morgan fingerprint density at radius 3 is 2.75 bits per heavy atom. The van der Waals surface area contributed by atoms with Crippen LogP contribution in [0, 0.1) is 12.7 Å². The molecule has 1 amide bonds. The molecule has 28 heavy (non-hydrogen) atoms. The van der Waals surface area contributed by atoms with E-state index < -0.39 is 23.0 Å². The lowest BCUT2D eigenvalue weighted by Gasteiger charge is -2.13. The predicted octanol–water partition coefficient (Wildman–Crippen LogP) is 2.68. The largest absolute Gasteiger partial charge is 0.329 e. The lowest BCUT2D eigenvalue weighted by atomic mass is 10.1. The van der Waals surface area contributed by atoms with E-state index in [2.05, 4.69) is 15.3 Å². The molecule has 7 nitrogen and oxygen atoms in total. The Morgan fingerprint density at radius 2 is 2.07 bits per heavy atom. The quantitative estimate of drug-likeness (QED) is 0.725. The van der Waals surface area contributed by atoms with Crippen molar-refractivity contribution in [2.24, 2.45) is 0 Å². The van der Waals surface area contributed by atoms with E-state index >= 15 is 0 Å². The summed E-state index contributed by atoms with van der Waals surface area (Å²) in [6, 6.07) is 5.96. The number of pyridine rings is 1. The second-order valence-corrected chi connectivity index (χ2v) is 7.01. The van der Waals surface area contributed by atoms with Gasteiger partial charge in [0.15, 0.2) is 5.65 Å². The second kappa shape index (κ2) is 6.70. The van der Waals surface area contributed by atoms with Gasteiger partial charge < -0.3 is 5.32 Å². The first-order valence-electron chi connectivity index (χ1n) is 9.14. The van der Waals surface area contributed by atoms with Crippen molar-refractivity contribution < 1.29 is 9.18 Å². The number of nitrogens with zero attached hydrogens (tertiary/aromatic N) is 2. The summed E-state index contributed by atoms with van der Waals surface area (Å²) in [6.07, 6.45) is 1.87. The summed E-state index contributed by atoms with van der Waals surface area (Å²) >= 11 is 0. The molecular weight excluding hydrogens is 363 g/mol. The van der Waals surface area contributed by atoms with Gasteiger partial charge in [-0.15, -0.1) is 0 Å². The maximum Gasteiger partial charge on any atom is 0.329 e. The molecule has 8 heteroatoms. The van der Waals surface area contributed by atoms with Crippen LogP contribution in [0.15, 0.2) is 33.9 Å². The van der Waals surface area contributed by atoms with Gasteiger partial charge in [-0.2, -0.15) is 0 Å². The third kappa shape index (κ3) is 3.11. The molecule has 0 spiro atoms. The van der Waals surface area contributed by atoms with Crippen molar-refractivity contribution in [2.45, 2.75) is 39.2 Å². The fraction of sp³-hybridized carbons (Fsp3) is 0.300. The van der Waals surface area contributed by atoms with Crippen molar-refractivity contribution in [3.05, 3.63) is 67.7 Å². The second-order valence-electron chi connectivity index (χ2n) is 7.01. The number of rotatable bonds is 4. The van der Waals surface area contributed by atoms with Crippen LogP contribution in [0.3, 0.4) is 0 Å². The highest BCUT2D eigenvalue weighted by molar-refractivity contribution is 6.12. The molecule has 1 aliphatic carbocycles. The predicted molar refractivity (Wildman–Crippen MR) is 103 cm³/mol. The van der Waals surface area contributed by atoms with Crippen molar-refractivity contribution in [3.63, 3.8) is 0 Å². The fourth-order valence-electron chi connectivity index (χ4n) is 3.28. The molecular formula is C20H19FN4O3. The fourth-order valence-corrected chi connectivity index (χ4v) is 3.28. The summed E-state index contributed by atoms with van der Waals surface area (Å²) in [5.41, 5.74) is 0.475. The number of halogens is 1. The monoisotopic (exact) mass is 382 g/mol. The van der Waals surface area contributed by atoms with Crippen molar-refractivity contribution in [1.82, 2.24) is 14.5 Å². The van der Waals surface area contributed by atoms with E-state index in [1.807, 2.05) is 0 Å². The van der Waals surface area contributed by atoms with Gasteiger partial charge in [0.05, 0.1) is 16.6 Å². The number of nitrogens with one attached hydrogen (secondary N) is 2. The average molecular weight is 382 g/mol.